The first-order chi connectivity index (χ1) is 8.63. The van der Waals surface area contributed by atoms with Gasteiger partial charge in [0.25, 0.3) is 0 Å². The predicted octanol–water partition coefficient (Wildman–Crippen LogP) is 0.801. The number of hydrogen-bond donors (Lipinski definition) is 2. The van der Waals surface area contributed by atoms with Gasteiger partial charge in [-0.3, -0.25) is 4.79 Å². The molecule has 0 radical (unpaired) electrons. The number of nitrogens with one attached hydrogen (secondary N) is 1. The largest absolute Gasteiger partial charge is 0.490 e. The Balaban J connectivity index is 1.82. The van der Waals surface area contributed by atoms with Crippen molar-refractivity contribution < 1.29 is 24.2 Å². The minimum atomic E-state index is -0.868. The monoisotopic (exact) mass is 251 g/mol. The summed E-state index contributed by atoms with van der Waals surface area (Å²) < 4.78 is 10.3. The first kappa shape index (κ1) is 12.2. The van der Waals surface area contributed by atoms with Crippen LogP contribution >= 0.6 is 0 Å². The number of ether oxygens (including phenoxy) is 2. The number of carbonyl (C=O) groups is 2. The number of amides is 1. The van der Waals surface area contributed by atoms with Crippen molar-refractivity contribution in [2.75, 3.05) is 13.2 Å². The van der Waals surface area contributed by atoms with Gasteiger partial charge in [-0.1, -0.05) is 12.1 Å². The van der Waals surface area contributed by atoms with Crippen molar-refractivity contribution in [1.29, 1.82) is 0 Å². The van der Waals surface area contributed by atoms with Gasteiger partial charge in [-0.25, -0.2) is 4.79 Å². The molecule has 1 atom stereocenters. The van der Waals surface area contributed by atoms with E-state index in [9.17, 15) is 9.59 Å². The van der Waals surface area contributed by atoms with E-state index < -0.39 is 12.1 Å². The number of carboxylic acid groups (broad SMARTS) is 1. The maximum Gasteiger partial charge on any atom is 0.407 e. The number of carbonyl (C=O) groups excluding carboxylic acids is 1. The minimum Gasteiger partial charge on any atom is -0.490 e. The normalized spacial score (nSPS) is 18.0. The van der Waals surface area contributed by atoms with Crippen molar-refractivity contribution in [3.05, 3.63) is 29.8 Å². The fourth-order valence-electron chi connectivity index (χ4n) is 1.59. The Labute approximate surface area is 104 Å². The van der Waals surface area contributed by atoms with Gasteiger partial charge in [-0.2, -0.15) is 0 Å². The van der Waals surface area contributed by atoms with Gasteiger partial charge >= 0.3 is 12.1 Å². The van der Waals surface area contributed by atoms with Crippen LogP contribution in [0.25, 0.3) is 0 Å². The molecule has 6 nitrogen and oxygen atoms in total. The number of rotatable bonds is 5. The van der Waals surface area contributed by atoms with E-state index in [-0.39, 0.29) is 19.1 Å². The van der Waals surface area contributed by atoms with Crippen LogP contribution in [0.4, 0.5) is 4.79 Å². The summed E-state index contributed by atoms with van der Waals surface area (Å²) in [6.45, 7) is 0.715. The number of cyclic esters (lactones) is 1. The Morgan fingerprint density at radius 1 is 1.44 bits per heavy atom. The molecular formula is C12H13NO5. The average Bonchev–Trinajstić information content (AvgIpc) is 2.74. The molecule has 96 valence electrons. The molecule has 0 aromatic heterocycles. The van der Waals surface area contributed by atoms with E-state index in [0.29, 0.717) is 17.9 Å². The summed E-state index contributed by atoms with van der Waals surface area (Å²) in [5, 5.41) is 11.2. The SMILES string of the molecule is O=C(O)Cc1ccc(OCC2CNC(=O)O2)cc1. The lowest BCUT2D eigenvalue weighted by Crippen LogP contribution is -2.21. The van der Waals surface area contributed by atoms with Gasteiger partial charge in [0, 0.05) is 0 Å². The smallest absolute Gasteiger partial charge is 0.407 e. The zero-order valence-electron chi connectivity index (χ0n) is 9.59. The molecule has 1 amide bonds. The van der Waals surface area contributed by atoms with Crippen molar-refractivity contribution in [3.63, 3.8) is 0 Å². The fourth-order valence-corrected chi connectivity index (χ4v) is 1.59. The third-order valence-corrected chi connectivity index (χ3v) is 2.46. The number of benzene rings is 1. The summed E-state index contributed by atoms with van der Waals surface area (Å²) in [4.78, 5) is 21.3. The van der Waals surface area contributed by atoms with Crippen LogP contribution in [0.5, 0.6) is 5.75 Å². The molecule has 0 saturated carbocycles. The zero-order valence-corrected chi connectivity index (χ0v) is 9.59. The lowest BCUT2D eigenvalue weighted by molar-refractivity contribution is -0.136. The van der Waals surface area contributed by atoms with Crippen LogP contribution in [0.3, 0.4) is 0 Å². The number of alkyl carbamates (subject to hydrolysis) is 1. The van der Waals surface area contributed by atoms with E-state index in [1.807, 2.05) is 0 Å². The molecule has 1 unspecified atom stereocenters. The highest BCUT2D eigenvalue weighted by molar-refractivity contribution is 5.70. The Morgan fingerprint density at radius 3 is 2.72 bits per heavy atom. The van der Waals surface area contributed by atoms with Crippen molar-refractivity contribution in [3.8, 4) is 5.75 Å². The number of carboxylic acids is 1. The van der Waals surface area contributed by atoms with Crippen LogP contribution in [-0.2, 0) is 16.0 Å². The van der Waals surface area contributed by atoms with E-state index in [4.69, 9.17) is 14.6 Å². The molecule has 1 fully saturated rings. The third kappa shape index (κ3) is 3.38. The fraction of sp³-hybridized carbons (Fsp3) is 0.333. The highest BCUT2D eigenvalue weighted by atomic mass is 16.6. The highest BCUT2D eigenvalue weighted by Crippen LogP contribution is 2.13. The van der Waals surface area contributed by atoms with Crippen LogP contribution in [-0.4, -0.2) is 36.4 Å². The van der Waals surface area contributed by atoms with Gasteiger partial charge in [0.1, 0.15) is 12.4 Å². The van der Waals surface area contributed by atoms with Gasteiger partial charge in [-0.05, 0) is 17.7 Å². The second kappa shape index (κ2) is 5.39. The van der Waals surface area contributed by atoms with E-state index in [1.54, 1.807) is 24.3 Å². The van der Waals surface area contributed by atoms with Gasteiger partial charge in [0.2, 0.25) is 0 Å². The molecule has 1 saturated heterocycles. The third-order valence-electron chi connectivity index (χ3n) is 2.46. The summed E-state index contributed by atoms with van der Waals surface area (Å²) in [6, 6.07) is 6.79. The Bertz CT molecular complexity index is 442. The van der Waals surface area contributed by atoms with Crippen molar-refractivity contribution in [2.45, 2.75) is 12.5 Å². The predicted molar refractivity (Wildman–Crippen MR) is 61.5 cm³/mol. The summed E-state index contributed by atoms with van der Waals surface area (Å²) in [5.41, 5.74) is 0.712. The van der Waals surface area contributed by atoms with Gasteiger partial charge in [0.05, 0.1) is 13.0 Å². The van der Waals surface area contributed by atoms with E-state index in [2.05, 4.69) is 5.32 Å². The van der Waals surface area contributed by atoms with Crippen molar-refractivity contribution >= 4 is 12.1 Å². The van der Waals surface area contributed by atoms with Crippen LogP contribution in [0.1, 0.15) is 5.56 Å². The van der Waals surface area contributed by atoms with Crippen molar-refractivity contribution in [1.82, 2.24) is 5.32 Å². The minimum absolute atomic E-state index is 0.00949. The summed E-state index contributed by atoms with van der Waals surface area (Å²) in [7, 11) is 0. The molecule has 2 rings (SSSR count). The first-order valence-corrected chi connectivity index (χ1v) is 5.51. The molecule has 1 aromatic carbocycles. The van der Waals surface area contributed by atoms with E-state index >= 15 is 0 Å². The quantitative estimate of drug-likeness (QED) is 0.808. The second-order valence-electron chi connectivity index (χ2n) is 3.93. The topological polar surface area (TPSA) is 84.9 Å². The molecule has 1 aliphatic rings. The summed E-state index contributed by atoms with van der Waals surface area (Å²) >= 11 is 0. The van der Waals surface area contributed by atoms with Crippen LogP contribution in [0.2, 0.25) is 0 Å². The maximum absolute atomic E-state index is 10.8. The standard InChI is InChI=1S/C12H13NO5/c14-11(15)5-8-1-3-9(4-2-8)17-7-10-6-13-12(16)18-10/h1-4,10H,5-7H2,(H,13,16)(H,14,15). The Hall–Kier alpha value is -2.24. The molecular weight excluding hydrogens is 238 g/mol. The van der Waals surface area contributed by atoms with Crippen LogP contribution < -0.4 is 10.1 Å². The molecule has 6 heteroatoms. The van der Waals surface area contributed by atoms with Crippen LogP contribution in [0.15, 0.2) is 24.3 Å². The van der Waals surface area contributed by atoms with Gasteiger partial charge in [-0.15, -0.1) is 0 Å². The molecule has 1 aromatic rings. The molecule has 1 heterocycles. The summed E-state index contributed by atoms with van der Waals surface area (Å²) in [6.07, 6.45) is -0.721. The van der Waals surface area contributed by atoms with Crippen LogP contribution in [0, 0.1) is 0 Å². The lowest BCUT2D eigenvalue weighted by Gasteiger charge is -2.10. The molecule has 1 aliphatic heterocycles. The number of hydrogen-bond acceptors (Lipinski definition) is 4. The van der Waals surface area contributed by atoms with Crippen molar-refractivity contribution in [2.24, 2.45) is 0 Å². The zero-order chi connectivity index (χ0) is 13.0. The van der Waals surface area contributed by atoms with Gasteiger partial charge in [0.15, 0.2) is 6.10 Å². The summed E-state index contributed by atoms with van der Waals surface area (Å²) in [5.74, 6) is -0.250. The highest BCUT2D eigenvalue weighted by Gasteiger charge is 2.22. The molecule has 2 N–H and O–H groups in total. The molecule has 0 spiro atoms. The van der Waals surface area contributed by atoms with Gasteiger partial charge < -0.3 is 19.9 Å². The number of aliphatic carboxylic acids is 1. The average molecular weight is 251 g/mol. The molecule has 18 heavy (non-hydrogen) atoms. The Morgan fingerprint density at radius 2 is 2.17 bits per heavy atom. The lowest BCUT2D eigenvalue weighted by atomic mass is 10.1. The Kier molecular flexibility index (Phi) is 3.66. The first-order valence-electron chi connectivity index (χ1n) is 5.51. The molecule has 0 aliphatic carbocycles. The van der Waals surface area contributed by atoms with E-state index in [0.717, 1.165) is 0 Å². The maximum atomic E-state index is 10.8. The molecule has 0 bridgehead atoms. The van der Waals surface area contributed by atoms with E-state index in [1.165, 1.54) is 0 Å². The second-order valence-corrected chi connectivity index (χ2v) is 3.93.